The van der Waals surface area contributed by atoms with Crippen molar-refractivity contribution in [3.8, 4) is 0 Å². The number of hydrogen-bond donors (Lipinski definition) is 0. The summed E-state index contributed by atoms with van der Waals surface area (Å²) in [7, 11) is 0. The summed E-state index contributed by atoms with van der Waals surface area (Å²) in [6.45, 7) is 15.1. The second-order valence-electron chi connectivity index (χ2n) is 8.34. The SMILES string of the molecule is CCC1C(C)C(C)C(C)C1SC1C2CCC1C(C)C2C. The van der Waals surface area contributed by atoms with E-state index in [4.69, 9.17) is 0 Å². The van der Waals surface area contributed by atoms with E-state index in [0.29, 0.717) is 0 Å². The summed E-state index contributed by atoms with van der Waals surface area (Å²) in [5, 5.41) is 1.94. The number of hydrogen-bond acceptors (Lipinski definition) is 1. The van der Waals surface area contributed by atoms with Gasteiger partial charge in [-0.05, 0) is 60.2 Å². The van der Waals surface area contributed by atoms with E-state index in [2.05, 4.69) is 53.3 Å². The first-order valence-electron chi connectivity index (χ1n) is 9.12. The van der Waals surface area contributed by atoms with Gasteiger partial charge in [0.1, 0.15) is 0 Å². The van der Waals surface area contributed by atoms with Gasteiger partial charge >= 0.3 is 0 Å². The highest BCUT2D eigenvalue weighted by molar-refractivity contribution is 8.00. The Kier molecular flexibility index (Phi) is 4.21. The molecule has 0 spiro atoms. The van der Waals surface area contributed by atoms with Crippen molar-refractivity contribution < 1.29 is 0 Å². The van der Waals surface area contributed by atoms with E-state index in [9.17, 15) is 0 Å². The highest BCUT2D eigenvalue weighted by atomic mass is 32.2. The first-order valence-corrected chi connectivity index (χ1v) is 10.1. The van der Waals surface area contributed by atoms with Crippen LogP contribution >= 0.6 is 11.8 Å². The van der Waals surface area contributed by atoms with Gasteiger partial charge in [-0.15, -0.1) is 0 Å². The Hall–Kier alpha value is 0.350. The van der Waals surface area contributed by atoms with Crippen LogP contribution in [0.2, 0.25) is 0 Å². The summed E-state index contributed by atoms with van der Waals surface area (Å²) in [4.78, 5) is 0. The Bertz CT molecular complexity index is 336. The standard InChI is InChI=1S/C19H34S/c1-7-15-11(3)10(2)14(6)18(15)20-19-16-8-9-17(19)13(5)12(16)4/h10-19H,7-9H2,1-6H3. The quantitative estimate of drug-likeness (QED) is 0.642. The molecule has 9 unspecified atom stereocenters. The zero-order valence-corrected chi connectivity index (χ0v) is 15.1. The Labute approximate surface area is 130 Å². The van der Waals surface area contributed by atoms with Crippen molar-refractivity contribution in [1.29, 1.82) is 0 Å². The molecule has 0 nitrogen and oxygen atoms in total. The largest absolute Gasteiger partial charge is 0.154 e. The van der Waals surface area contributed by atoms with E-state index < -0.39 is 0 Å². The summed E-state index contributed by atoms with van der Waals surface area (Å²) in [6, 6.07) is 0. The van der Waals surface area contributed by atoms with Crippen LogP contribution in [0.25, 0.3) is 0 Å². The first kappa shape index (κ1) is 15.3. The van der Waals surface area contributed by atoms with Crippen molar-refractivity contribution in [2.75, 3.05) is 0 Å². The second-order valence-corrected chi connectivity index (χ2v) is 9.70. The summed E-state index contributed by atoms with van der Waals surface area (Å²) < 4.78 is 0. The molecule has 2 bridgehead atoms. The maximum absolute atomic E-state index is 2.54. The van der Waals surface area contributed by atoms with E-state index >= 15 is 0 Å². The average molecular weight is 295 g/mol. The zero-order valence-electron chi connectivity index (χ0n) is 14.3. The van der Waals surface area contributed by atoms with Crippen molar-refractivity contribution in [1.82, 2.24) is 0 Å². The maximum atomic E-state index is 2.54. The zero-order chi connectivity index (χ0) is 14.6. The van der Waals surface area contributed by atoms with Crippen LogP contribution in [-0.2, 0) is 0 Å². The van der Waals surface area contributed by atoms with Crippen LogP contribution in [0.5, 0.6) is 0 Å². The Morgan fingerprint density at radius 3 is 1.75 bits per heavy atom. The Morgan fingerprint density at radius 1 is 0.700 bits per heavy atom. The molecule has 3 aliphatic rings. The molecule has 1 heteroatoms. The fourth-order valence-corrected chi connectivity index (χ4v) is 8.68. The van der Waals surface area contributed by atoms with Gasteiger partial charge in [-0.3, -0.25) is 0 Å². The third-order valence-electron chi connectivity index (χ3n) is 7.92. The van der Waals surface area contributed by atoms with Gasteiger partial charge in [0.25, 0.3) is 0 Å². The van der Waals surface area contributed by atoms with Gasteiger partial charge in [0.2, 0.25) is 0 Å². The van der Waals surface area contributed by atoms with Crippen LogP contribution in [0, 0.1) is 47.3 Å². The first-order chi connectivity index (χ1) is 9.47. The molecule has 0 aromatic rings. The molecule has 0 radical (unpaired) electrons. The van der Waals surface area contributed by atoms with Crippen LogP contribution in [-0.4, -0.2) is 10.5 Å². The monoisotopic (exact) mass is 294 g/mol. The van der Waals surface area contributed by atoms with Crippen molar-refractivity contribution in [3.05, 3.63) is 0 Å². The lowest BCUT2D eigenvalue weighted by atomic mass is 9.82. The van der Waals surface area contributed by atoms with E-state index in [1.54, 1.807) is 0 Å². The second kappa shape index (κ2) is 5.52. The molecule has 116 valence electrons. The van der Waals surface area contributed by atoms with Gasteiger partial charge in [-0.2, -0.15) is 11.8 Å². The average Bonchev–Trinajstić information content (AvgIpc) is 3.00. The molecule has 0 aromatic carbocycles. The van der Waals surface area contributed by atoms with Crippen LogP contribution < -0.4 is 0 Å². The lowest BCUT2D eigenvalue weighted by molar-refractivity contribution is 0.259. The smallest absolute Gasteiger partial charge is 0.0112 e. The van der Waals surface area contributed by atoms with Crippen molar-refractivity contribution in [3.63, 3.8) is 0 Å². The minimum Gasteiger partial charge on any atom is -0.154 e. The lowest BCUT2D eigenvalue weighted by Gasteiger charge is -2.28. The molecule has 3 rings (SSSR count). The van der Waals surface area contributed by atoms with E-state index in [-0.39, 0.29) is 0 Å². The van der Waals surface area contributed by atoms with Gasteiger partial charge < -0.3 is 0 Å². The number of rotatable bonds is 3. The van der Waals surface area contributed by atoms with Crippen LogP contribution in [0.15, 0.2) is 0 Å². The van der Waals surface area contributed by atoms with Gasteiger partial charge in [-0.25, -0.2) is 0 Å². The maximum Gasteiger partial charge on any atom is 0.0112 e. The van der Waals surface area contributed by atoms with Gasteiger partial charge in [0.15, 0.2) is 0 Å². The Balaban J connectivity index is 1.75. The van der Waals surface area contributed by atoms with Crippen LogP contribution in [0.3, 0.4) is 0 Å². The van der Waals surface area contributed by atoms with Crippen LogP contribution in [0.1, 0.15) is 60.8 Å². The Morgan fingerprint density at radius 2 is 1.25 bits per heavy atom. The van der Waals surface area contributed by atoms with E-state index in [1.807, 2.05) is 0 Å². The van der Waals surface area contributed by atoms with Crippen molar-refractivity contribution in [2.24, 2.45) is 47.3 Å². The molecule has 0 aromatic heterocycles. The van der Waals surface area contributed by atoms with E-state index in [0.717, 1.165) is 57.8 Å². The van der Waals surface area contributed by atoms with Gasteiger partial charge in [-0.1, -0.05) is 48.0 Å². The molecule has 0 heterocycles. The molecule has 3 saturated carbocycles. The molecule has 0 N–H and O–H groups in total. The molecule has 0 saturated heterocycles. The predicted octanol–water partition coefficient (Wildman–Crippen LogP) is 5.72. The number of fused-ring (bicyclic) bond motifs is 2. The molecule has 3 aliphatic carbocycles. The molecular formula is C19H34S. The van der Waals surface area contributed by atoms with Gasteiger partial charge in [0, 0.05) is 10.5 Å². The van der Waals surface area contributed by atoms with E-state index in [1.165, 1.54) is 19.3 Å². The van der Waals surface area contributed by atoms with Crippen molar-refractivity contribution >= 4 is 11.8 Å². The lowest BCUT2D eigenvalue weighted by Crippen LogP contribution is -2.24. The highest BCUT2D eigenvalue weighted by Crippen LogP contribution is 2.60. The molecular weight excluding hydrogens is 260 g/mol. The minimum atomic E-state index is 0.922. The summed E-state index contributed by atoms with van der Waals surface area (Å²) in [6.07, 6.45) is 4.44. The summed E-state index contributed by atoms with van der Waals surface area (Å²) >= 11 is 2.45. The fraction of sp³-hybridized carbons (Fsp3) is 1.00. The topological polar surface area (TPSA) is 0 Å². The van der Waals surface area contributed by atoms with Gasteiger partial charge in [0.05, 0.1) is 0 Å². The minimum absolute atomic E-state index is 0.922. The normalized spacial score (nSPS) is 58.5. The molecule has 0 aliphatic heterocycles. The van der Waals surface area contributed by atoms with Crippen molar-refractivity contribution in [2.45, 2.75) is 71.3 Å². The van der Waals surface area contributed by atoms with Crippen LogP contribution in [0.4, 0.5) is 0 Å². The molecule has 9 atom stereocenters. The predicted molar refractivity (Wildman–Crippen MR) is 91.0 cm³/mol. The third kappa shape index (κ3) is 2.09. The fourth-order valence-electron chi connectivity index (χ4n) is 6.00. The number of thioether (sulfide) groups is 1. The highest BCUT2D eigenvalue weighted by Gasteiger charge is 2.53. The molecule has 0 amide bonds. The molecule has 20 heavy (non-hydrogen) atoms. The summed E-state index contributed by atoms with van der Waals surface area (Å²) in [5.41, 5.74) is 0. The third-order valence-corrected chi connectivity index (χ3v) is 10.0. The molecule has 3 fully saturated rings. The summed E-state index contributed by atoms with van der Waals surface area (Å²) in [5.74, 6) is 7.79.